The number of thioether (sulfide) groups is 1. The van der Waals surface area contributed by atoms with E-state index in [0.717, 1.165) is 37.4 Å². The van der Waals surface area contributed by atoms with Crippen molar-refractivity contribution < 1.29 is 9.53 Å². The molecule has 1 N–H and O–H groups in total. The molecule has 0 heterocycles. The van der Waals surface area contributed by atoms with Gasteiger partial charge in [-0.15, -0.1) is 11.8 Å². The maximum Gasteiger partial charge on any atom is 0.230 e. The lowest BCUT2D eigenvalue weighted by Gasteiger charge is -2.06. The number of carbonyl (C=O) groups excluding carboxylic acids is 1. The van der Waals surface area contributed by atoms with Crippen LogP contribution in [0.15, 0.2) is 35.2 Å². The van der Waals surface area contributed by atoms with Crippen LogP contribution in [-0.2, 0) is 9.53 Å². The maximum absolute atomic E-state index is 11.6. The predicted octanol–water partition coefficient (Wildman–Crippen LogP) is 3.10. The molecule has 0 saturated carbocycles. The van der Waals surface area contributed by atoms with Gasteiger partial charge in [0.25, 0.3) is 0 Å². The summed E-state index contributed by atoms with van der Waals surface area (Å²) in [7, 11) is 0. The fraction of sp³-hybridized carbons (Fsp3) is 0.533. The van der Waals surface area contributed by atoms with Gasteiger partial charge in [-0.25, -0.2) is 0 Å². The van der Waals surface area contributed by atoms with Gasteiger partial charge in [0.15, 0.2) is 0 Å². The molecule has 0 aliphatic carbocycles. The quantitative estimate of drug-likeness (QED) is 0.529. The van der Waals surface area contributed by atoms with E-state index in [2.05, 4.69) is 12.2 Å². The summed E-state index contributed by atoms with van der Waals surface area (Å²) in [4.78, 5) is 12.7. The van der Waals surface area contributed by atoms with Crippen molar-refractivity contribution in [2.75, 3.05) is 25.5 Å². The Bertz CT molecular complexity index is 343. The molecule has 0 radical (unpaired) electrons. The van der Waals surface area contributed by atoms with E-state index < -0.39 is 0 Å². The molecule has 1 rings (SSSR count). The van der Waals surface area contributed by atoms with Crippen LogP contribution in [0.25, 0.3) is 0 Å². The number of carbonyl (C=O) groups is 1. The van der Waals surface area contributed by atoms with E-state index in [1.807, 2.05) is 30.3 Å². The van der Waals surface area contributed by atoms with Gasteiger partial charge in [0.1, 0.15) is 0 Å². The highest BCUT2D eigenvalue weighted by atomic mass is 32.2. The molecule has 0 aliphatic rings. The standard InChI is InChI=1S/C15H23NO2S/c1-2-3-11-18-12-7-10-16-15(17)13-19-14-8-5-4-6-9-14/h4-6,8-9H,2-3,7,10-13H2,1H3,(H,16,17). The van der Waals surface area contributed by atoms with Crippen LogP contribution in [-0.4, -0.2) is 31.4 Å². The first-order valence-corrected chi connectivity index (χ1v) is 7.83. The summed E-state index contributed by atoms with van der Waals surface area (Å²) in [6.45, 7) is 4.40. The number of hydrogen-bond acceptors (Lipinski definition) is 3. The zero-order valence-electron chi connectivity index (χ0n) is 11.6. The van der Waals surface area contributed by atoms with Gasteiger partial charge in [-0.05, 0) is 25.0 Å². The largest absolute Gasteiger partial charge is 0.381 e. The van der Waals surface area contributed by atoms with E-state index >= 15 is 0 Å². The second-order valence-corrected chi connectivity index (χ2v) is 5.32. The summed E-state index contributed by atoms with van der Waals surface area (Å²) in [5.41, 5.74) is 0. The van der Waals surface area contributed by atoms with Crippen LogP contribution in [0, 0.1) is 0 Å². The first kappa shape index (κ1) is 16.1. The van der Waals surface area contributed by atoms with Gasteiger partial charge in [-0.2, -0.15) is 0 Å². The van der Waals surface area contributed by atoms with Crippen LogP contribution in [0.5, 0.6) is 0 Å². The molecule has 19 heavy (non-hydrogen) atoms. The minimum Gasteiger partial charge on any atom is -0.381 e. The Morgan fingerprint density at radius 2 is 1.95 bits per heavy atom. The summed E-state index contributed by atoms with van der Waals surface area (Å²) < 4.78 is 5.43. The van der Waals surface area contributed by atoms with Gasteiger partial charge < -0.3 is 10.1 Å². The summed E-state index contributed by atoms with van der Waals surface area (Å²) >= 11 is 1.56. The average Bonchev–Trinajstić information content (AvgIpc) is 2.45. The van der Waals surface area contributed by atoms with Crippen LogP contribution in [0.4, 0.5) is 0 Å². The van der Waals surface area contributed by atoms with Gasteiger partial charge in [0.05, 0.1) is 5.75 Å². The minimum atomic E-state index is 0.0856. The molecule has 0 aliphatic heterocycles. The van der Waals surface area contributed by atoms with Crippen LogP contribution in [0.3, 0.4) is 0 Å². The monoisotopic (exact) mass is 281 g/mol. The van der Waals surface area contributed by atoms with Crippen molar-refractivity contribution in [1.82, 2.24) is 5.32 Å². The molecule has 0 spiro atoms. The summed E-state index contributed by atoms with van der Waals surface area (Å²) in [5.74, 6) is 0.558. The SMILES string of the molecule is CCCCOCCCNC(=O)CSc1ccccc1. The lowest BCUT2D eigenvalue weighted by atomic mass is 10.4. The van der Waals surface area contributed by atoms with Crippen molar-refractivity contribution in [3.8, 4) is 0 Å². The topological polar surface area (TPSA) is 38.3 Å². The molecule has 4 heteroatoms. The Morgan fingerprint density at radius 1 is 1.21 bits per heavy atom. The van der Waals surface area contributed by atoms with Gasteiger partial charge in [0.2, 0.25) is 5.91 Å². The Kier molecular flexibility index (Phi) is 9.19. The molecular formula is C15H23NO2S. The van der Waals surface area contributed by atoms with E-state index in [-0.39, 0.29) is 5.91 Å². The van der Waals surface area contributed by atoms with Gasteiger partial charge in [-0.1, -0.05) is 31.5 Å². The third-order valence-electron chi connectivity index (χ3n) is 2.54. The second kappa shape index (κ2) is 10.9. The fourth-order valence-corrected chi connectivity index (χ4v) is 2.22. The smallest absolute Gasteiger partial charge is 0.230 e. The Hall–Kier alpha value is -1.00. The van der Waals surface area contributed by atoms with Crippen molar-refractivity contribution in [2.24, 2.45) is 0 Å². The van der Waals surface area contributed by atoms with E-state index in [1.54, 1.807) is 11.8 Å². The third kappa shape index (κ3) is 8.67. The first-order valence-electron chi connectivity index (χ1n) is 6.85. The van der Waals surface area contributed by atoms with Crippen molar-refractivity contribution in [2.45, 2.75) is 31.1 Å². The first-order chi connectivity index (χ1) is 9.33. The zero-order valence-corrected chi connectivity index (χ0v) is 12.4. The molecule has 3 nitrogen and oxygen atoms in total. The molecule has 0 unspecified atom stereocenters. The van der Waals surface area contributed by atoms with E-state index in [0.29, 0.717) is 12.3 Å². The second-order valence-electron chi connectivity index (χ2n) is 4.27. The number of hydrogen-bond donors (Lipinski definition) is 1. The van der Waals surface area contributed by atoms with Crippen molar-refractivity contribution in [3.63, 3.8) is 0 Å². The molecular weight excluding hydrogens is 258 g/mol. The molecule has 0 atom stereocenters. The molecule has 1 amide bonds. The molecule has 106 valence electrons. The Labute approximate surface area is 120 Å². The molecule has 1 aromatic rings. The van der Waals surface area contributed by atoms with Crippen molar-refractivity contribution in [1.29, 1.82) is 0 Å². The number of nitrogens with one attached hydrogen (secondary N) is 1. The predicted molar refractivity (Wildman–Crippen MR) is 80.5 cm³/mol. The number of amides is 1. The number of rotatable bonds is 10. The molecule has 0 aromatic heterocycles. The molecule has 0 fully saturated rings. The van der Waals surface area contributed by atoms with E-state index in [4.69, 9.17) is 4.74 Å². The highest BCUT2D eigenvalue weighted by Gasteiger charge is 2.01. The third-order valence-corrected chi connectivity index (χ3v) is 3.56. The lowest BCUT2D eigenvalue weighted by Crippen LogP contribution is -2.26. The van der Waals surface area contributed by atoms with Gasteiger partial charge in [0, 0.05) is 24.7 Å². The average molecular weight is 281 g/mol. The number of unbranched alkanes of at least 4 members (excludes halogenated alkanes) is 1. The summed E-state index contributed by atoms with van der Waals surface area (Å²) in [6.07, 6.45) is 3.15. The van der Waals surface area contributed by atoms with Crippen molar-refractivity contribution in [3.05, 3.63) is 30.3 Å². The number of ether oxygens (including phenoxy) is 1. The molecule has 0 bridgehead atoms. The maximum atomic E-state index is 11.6. The van der Waals surface area contributed by atoms with Crippen LogP contribution >= 0.6 is 11.8 Å². The van der Waals surface area contributed by atoms with Crippen LogP contribution in [0.1, 0.15) is 26.2 Å². The lowest BCUT2D eigenvalue weighted by molar-refractivity contribution is -0.118. The Morgan fingerprint density at radius 3 is 2.68 bits per heavy atom. The van der Waals surface area contributed by atoms with Crippen LogP contribution in [0.2, 0.25) is 0 Å². The highest BCUT2D eigenvalue weighted by molar-refractivity contribution is 8.00. The summed E-state index contributed by atoms with van der Waals surface area (Å²) in [6, 6.07) is 9.96. The van der Waals surface area contributed by atoms with Gasteiger partial charge >= 0.3 is 0 Å². The van der Waals surface area contributed by atoms with Gasteiger partial charge in [-0.3, -0.25) is 4.79 Å². The highest BCUT2D eigenvalue weighted by Crippen LogP contribution is 2.15. The normalized spacial score (nSPS) is 10.4. The fourth-order valence-electron chi connectivity index (χ4n) is 1.47. The molecule has 1 aromatic carbocycles. The molecule has 0 saturated heterocycles. The number of benzene rings is 1. The summed E-state index contributed by atoms with van der Waals surface area (Å²) in [5, 5.41) is 2.90. The van der Waals surface area contributed by atoms with Crippen LogP contribution < -0.4 is 5.32 Å². The zero-order chi connectivity index (χ0) is 13.8. The van der Waals surface area contributed by atoms with E-state index in [1.165, 1.54) is 0 Å². The van der Waals surface area contributed by atoms with E-state index in [9.17, 15) is 4.79 Å². The Balaban J connectivity index is 1.96. The minimum absolute atomic E-state index is 0.0856. The van der Waals surface area contributed by atoms with Crippen molar-refractivity contribution >= 4 is 17.7 Å².